The summed E-state index contributed by atoms with van der Waals surface area (Å²) in [5.41, 5.74) is 1.96. The first-order valence-electron chi connectivity index (χ1n) is 4.71. The van der Waals surface area contributed by atoms with Crippen LogP contribution in [0.3, 0.4) is 0 Å². The molecule has 74 valence electrons. The van der Waals surface area contributed by atoms with Gasteiger partial charge in [0.1, 0.15) is 0 Å². The van der Waals surface area contributed by atoms with Crippen LogP contribution in [0.25, 0.3) is 5.52 Å². The van der Waals surface area contributed by atoms with Gasteiger partial charge in [-0.1, -0.05) is 0 Å². The zero-order valence-electron chi connectivity index (χ0n) is 8.68. The van der Waals surface area contributed by atoms with E-state index in [-0.39, 0.29) is 0 Å². The summed E-state index contributed by atoms with van der Waals surface area (Å²) in [7, 11) is 1.79. The molecule has 2 aromatic heterocycles. The van der Waals surface area contributed by atoms with E-state index in [4.69, 9.17) is 0 Å². The molecule has 0 N–H and O–H groups in total. The summed E-state index contributed by atoms with van der Waals surface area (Å²) in [6.45, 7) is 4.27. The van der Waals surface area contributed by atoms with Crippen LogP contribution in [0.4, 0.5) is 0 Å². The highest BCUT2D eigenvalue weighted by atomic mass is 15.3. The predicted octanol–water partition coefficient (Wildman–Crippen LogP) is 1.25. The molecule has 0 fully saturated rings. The molecule has 0 unspecified atom stereocenters. The molecule has 0 spiro atoms. The summed E-state index contributed by atoms with van der Waals surface area (Å²) in [5, 5.41) is 4.26. The largest absolute Gasteiger partial charge is 0.313 e. The van der Waals surface area contributed by atoms with Crippen molar-refractivity contribution in [2.45, 2.75) is 19.9 Å². The summed E-state index contributed by atoms with van der Waals surface area (Å²) >= 11 is 0. The van der Waals surface area contributed by atoms with E-state index in [1.807, 2.05) is 16.6 Å². The van der Waals surface area contributed by atoms with Gasteiger partial charge in [0.2, 0.25) is 5.62 Å². The molecule has 4 nitrogen and oxygen atoms in total. The Kier molecular flexibility index (Phi) is 2.11. The van der Waals surface area contributed by atoms with Crippen LogP contribution in [0.15, 0.2) is 29.5 Å². The van der Waals surface area contributed by atoms with E-state index in [0.29, 0.717) is 6.04 Å². The fourth-order valence-corrected chi connectivity index (χ4v) is 1.55. The van der Waals surface area contributed by atoms with Gasteiger partial charge in [-0.15, -0.1) is 0 Å². The second kappa shape index (κ2) is 3.29. The smallest absolute Gasteiger partial charge is 0.226 e. The Bertz CT molecular complexity index is 504. The Hall–Kier alpha value is -1.58. The second-order valence-electron chi connectivity index (χ2n) is 3.51. The molecule has 0 saturated carbocycles. The minimum absolute atomic E-state index is 0.399. The van der Waals surface area contributed by atoms with E-state index >= 15 is 0 Å². The molecule has 0 amide bonds. The van der Waals surface area contributed by atoms with Crippen molar-refractivity contribution in [2.24, 2.45) is 4.99 Å². The Morgan fingerprint density at radius 2 is 2.21 bits per heavy atom. The van der Waals surface area contributed by atoms with Crippen LogP contribution >= 0.6 is 0 Å². The number of hydrogen-bond acceptors (Lipinski definition) is 2. The first-order chi connectivity index (χ1) is 6.74. The van der Waals surface area contributed by atoms with Crippen LogP contribution in [0.2, 0.25) is 0 Å². The highest BCUT2D eigenvalue weighted by Crippen LogP contribution is 2.04. The first kappa shape index (κ1) is 8.99. The number of aromatic nitrogens is 3. The van der Waals surface area contributed by atoms with Crippen LogP contribution in [0.1, 0.15) is 19.9 Å². The number of imidazole rings is 1. The third-order valence-electron chi connectivity index (χ3n) is 2.23. The third-order valence-corrected chi connectivity index (χ3v) is 2.23. The minimum Gasteiger partial charge on any atom is -0.313 e. The Morgan fingerprint density at radius 1 is 1.43 bits per heavy atom. The molecule has 14 heavy (non-hydrogen) atoms. The van der Waals surface area contributed by atoms with Gasteiger partial charge in [0.05, 0.1) is 5.52 Å². The molecule has 0 aliphatic carbocycles. The average Bonchev–Trinajstić information content (AvgIpc) is 2.56. The van der Waals surface area contributed by atoms with Crippen LogP contribution in [-0.2, 0) is 0 Å². The summed E-state index contributed by atoms with van der Waals surface area (Å²) in [4.78, 5) is 4.24. The lowest BCUT2D eigenvalue weighted by Crippen LogP contribution is -2.24. The lowest BCUT2D eigenvalue weighted by molar-refractivity contribution is 0.558. The third kappa shape index (κ3) is 1.23. The van der Waals surface area contributed by atoms with Gasteiger partial charge in [0.25, 0.3) is 0 Å². The molecule has 2 aromatic rings. The van der Waals surface area contributed by atoms with Gasteiger partial charge < -0.3 is 4.57 Å². The SMILES string of the molecule is C/N=c1/n(C(C)C)cc2cccnn12. The van der Waals surface area contributed by atoms with Gasteiger partial charge in [-0.3, -0.25) is 4.99 Å². The molecule has 0 aliphatic heterocycles. The predicted molar refractivity (Wildman–Crippen MR) is 55.1 cm³/mol. The van der Waals surface area contributed by atoms with Gasteiger partial charge in [0.15, 0.2) is 0 Å². The molecule has 0 aliphatic rings. The molecule has 4 heteroatoms. The lowest BCUT2D eigenvalue weighted by Gasteiger charge is -2.04. The van der Waals surface area contributed by atoms with Crippen molar-refractivity contribution in [2.75, 3.05) is 7.05 Å². The van der Waals surface area contributed by atoms with Crippen LogP contribution < -0.4 is 5.62 Å². The van der Waals surface area contributed by atoms with Crippen LogP contribution in [-0.4, -0.2) is 21.2 Å². The summed E-state index contributed by atoms with van der Waals surface area (Å²) < 4.78 is 3.96. The maximum atomic E-state index is 4.26. The van der Waals surface area contributed by atoms with E-state index in [0.717, 1.165) is 11.1 Å². The fourth-order valence-electron chi connectivity index (χ4n) is 1.55. The molecule has 0 aromatic carbocycles. The molecule has 0 saturated heterocycles. The molecular weight excluding hydrogens is 176 g/mol. The van der Waals surface area contributed by atoms with E-state index in [2.05, 4.69) is 34.7 Å². The standard InChI is InChI=1S/C10H14N4/c1-8(2)13-7-9-5-4-6-12-14(9)10(13)11-3/h4-8H,1-3H3/b11-10-. The zero-order chi connectivity index (χ0) is 10.1. The van der Waals surface area contributed by atoms with Gasteiger partial charge in [-0.2, -0.15) is 9.61 Å². The van der Waals surface area contributed by atoms with Gasteiger partial charge in [-0.25, -0.2) is 0 Å². The van der Waals surface area contributed by atoms with Crippen molar-refractivity contribution in [1.29, 1.82) is 0 Å². The topological polar surface area (TPSA) is 34.6 Å². The number of rotatable bonds is 1. The van der Waals surface area contributed by atoms with Crippen LogP contribution in [0.5, 0.6) is 0 Å². The Labute approximate surface area is 82.5 Å². The van der Waals surface area contributed by atoms with Crippen molar-refractivity contribution in [1.82, 2.24) is 14.2 Å². The second-order valence-corrected chi connectivity index (χ2v) is 3.51. The van der Waals surface area contributed by atoms with Gasteiger partial charge in [0, 0.05) is 25.5 Å². The quantitative estimate of drug-likeness (QED) is 0.666. The first-order valence-corrected chi connectivity index (χ1v) is 4.71. The van der Waals surface area contributed by atoms with Crippen LogP contribution in [0, 0.1) is 0 Å². The average molecular weight is 190 g/mol. The summed E-state index contributed by atoms with van der Waals surface area (Å²) in [6.07, 6.45) is 3.84. The number of fused-ring (bicyclic) bond motifs is 1. The Balaban J connectivity index is 2.87. The maximum absolute atomic E-state index is 4.26. The zero-order valence-corrected chi connectivity index (χ0v) is 8.68. The Morgan fingerprint density at radius 3 is 2.86 bits per heavy atom. The minimum atomic E-state index is 0.399. The van der Waals surface area contributed by atoms with Gasteiger partial charge in [-0.05, 0) is 26.0 Å². The van der Waals surface area contributed by atoms with Crippen molar-refractivity contribution >= 4 is 5.52 Å². The van der Waals surface area contributed by atoms with Crippen molar-refractivity contribution in [3.05, 3.63) is 30.1 Å². The molecular formula is C10H14N4. The molecule has 2 heterocycles. The van der Waals surface area contributed by atoms with E-state index in [1.165, 1.54) is 0 Å². The molecule has 0 atom stereocenters. The maximum Gasteiger partial charge on any atom is 0.226 e. The summed E-state index contributed by atoms with van der Waals surface area (Å²) in [5.74, 6) is 0. The molecule has 0 radical (unpaired) electrons. The summed E-state index contributed by atoms with van der Waals surface area (Å²) in [6, 6.07) is 4.36. The molecule has 2 rings (SSSR count). The monoisotopic (exact) mass is 190 g/mol. The molecule has 0 bridgehead atoms. The van der Waals surface area contributed by atoms with E-state index in [1.54, 1.807) is 13.2 Å². The van der Waals surface area contributed by atoms with E-state index < -0.39 is 0 Å². The number of hydrogen-bond donors (Lipinski definition) is 0. The van der Waals surface area contributed by atoms with Gasteiger partial charge >= 0.3 is 0 Å². The normalized spacial score (nSPS) is 13.0. The van der Waals surface area contributed by atoms with Crippen molar-refractivity contribution in [3.8, 4) is 0 Å². The lowest BCUT2D eigenvalue weighted by atomic mass is 10.4. The van der Waals surface area contributed by atoms with Crippen molar-refractivity contribution in [3.63, 3.8) is 0 Å². The van der Waals surface area contributed by atoms with E-state index in [9.17, 15) is 0 Å². The fraction of sp³-hybridized carbons (Fsp3) is 0.400. The highest BCUT2D eigenvalue weighted by molar-refractivity contribution is 5.42. The van der Waals surface area contributed by atoms with Crippen molar-refractivity contribution < 1.29 is 0 Å². The number of nitrogens with zero attached hydrogens (tertiary/aromatic N) is 4. The highest BCUT2D eigenvalue weighted by Gasteiger charge is 2.04.